The maximum Gasteiger partial charge on any atom is 0.143 e. The average molecular weight is 806 g/mol. The molecule has 0 amide bonds. The Kier molecular flexibility index (Phi) is 6.67. The predicted molar refractivity (Wildman–Crippen MR) is 260 cm³/mol. The van der Waals surface area contributed by atoms with E-state index in [1.807, 2.05) is 0 Å². The normalized spacial score (nSPS) is 15.7. The number of nitrogens with zero attached hydrogens (tertiary/aromatic N) is 1. The molecule has 0 fully saturated rings. The summed E-state index contributed by atoms with van der Waals surface area (Å²) in [5.74, 6) is 0. The maximum absolute atomic E-state index is 7.30. The van der Waals surface area contributed by atoms with E-state index in [1.165, 1.54) is 94.7 Å². The molecule has 2 nitrogen and oxygen atoms in total. The first-order chi connectivity index (χ1) is 30.8. The molecule has 0 atom stereocenters. The van der Waals surface area contributed by atoms with E-state index in [4.69, 9.17) is 4.42 Å². The summed E-state index contributed by atoms with van der Waals surface area (Å²) in [4.78, 5) is 2.54. The van der Waals surface area contributed by atoms with Crippen molar-refractivity contribution >= 4 is 39.0 Å². The van der Waals surface area contributed by atoms with E-state index in [2.05, 4.69) is 221 Å². The molecule has 0 unspecified atom stereocenters. The second kappa shape index (κ2) is 11.9. The molecule has 9 aromatic carbocycles. The second-order valence-electron chi connectivity index (χ2n) is 19.1. The highest BCUT2D eigenvalue weighted by Gasteiger charge is 2.52. The zero-order chi connectivity index (χ0) is 42.0. The number of anilines is 3. The molecular formula is C61H43NO. The van der Waals surface area contributed by atoms with Crippen LogP contribution in [-0.4, -0.2) is 0 Å². The third-order valence-corrected chi connectivity index (χ3v) is 15.5. The first-order valence-corrected chi connectivity index (χ1v) is 22.4. The van der Waals surface area contributed by atoms with Gasteiger partial charge in [-0.15, -0.1) is 0 Å². The van der Waals surface area contributed by atoms with Crippen molar-refractivity contribution in [1.29, 1.82) is 0 Å². The molecular weight excluding hydrogens is 763 g/mol. The Morgan fingerprint density at radius 3 is 1.54 bits per heavy atom. The van der Waals surface area contributed by atoms with Gasteiger partial charge in [-0.25, -0.2) is 0 Å². The molecule has 1 heterocycles. The van der Waals surface area contributed by atoms with Crippen LogP contribution in [0.1, 0.15) is 72.2 Å². The van der Waals surface area contributed by atoms with Crippen molar-refractivity contribution in [3.05, 3.63) is 233 Å². The fourth-order valence-corrected chi connectivity index (χ4v) is 12.8. The summed E-state index contributed by atoms with van der Waals surface area (Å²) in [5.41, 5.74) is 25.5. The molecule has 0 N–H and O–H groups in total. The van der Waals surface area contributed by atoms with E-state index in [0.29, 0.717) is 0 Å². The minimum atomic E-state index is -0.444. The smallest absolute Gasteiger partial charge is 0.143 e. The molecule has 0 bridgehead atoms. The minimum Gasteiger partial charge on any atom is -0.455 e. The summed E-state index contributed by atoms with van der Waals surface area (Å²) in [6, 6.07) is 70.5. The van der Waals surface area contributed by atoms with Crippen LogP contribution in [0.4, 0.5) is 17.1 Å². The highest BCUT2D eigenvalue weighted by atomic mass is 16.3. The molecule has 1 spiro atoms. The zero-order valence-electron chi connectivity index (χ0n) is 35.8. The second-order valence-corrected chi connectivity index (χ2v) is 19.1. The summed E-state index contributed by atoms with van der Waals surface area (Å²) >= 11 is 0. The highest BCUT2D eigenvalue weighted by molar-refractivity contribution is 6.18. The van der Waals surface area contributed by atoms with Gasteiger partial charge in [-0.3, -0.25) is 0 Å². The van der Waals surface area contributed by atoms with Crippen molar-refractivity contribution in [2.45, 2.75) is 43.9 Å². The highest BCUT2D eigenvalue weighted by Crippen LogP contribution is 2.65. The van der Waals surface area contributed by atoms with Gasteiger partial charge in [-0.05, 0) is 108 Å². The monoisotopic (exact) mass is 805 g/mol. The summed E-state index contributed by atoms with van der Waals surface area (Å²) in [6.07, 6.45) is 0. The molecule has 2 heteroatoms. The van der Waals surface area contributed by atoms with E-state index >= 15 is 0 Å². The molecule has 63 heavy (non-hydrogen) atoms. The first kappa shape index (κ1) is 35.2. The van der Waals surface area contributed by atoms with Gasteiger partial charge >= 0.3 is 0 Å². The van der Waals surface area contributed by atoms with Gasteiger partial charge in [0.15, 0.2) is 0 Å². The van der Waals surface area contributed by atoms with Crippen molar-refractivity contribution in [2.24, 2.45) is 0 Å². The lowest BCUT2D eigenvalue weighted by molar-refractivity contribution is 0.660. The number of fused-ring (bicyclic) bond motifs is 20. The Balaban J connectivity index is 1.07. The molecule has 4 aliphatic rings. The lowest BCUT2D eigenvalue weighted by Gasteiger charge is -2.31. The Morgan fingerprint density at radius 1 is 0.365 bits per heavy atom. The third-order valence-electron chi connectivity index (χ3n) is 15.5. The van der Waals surface area contributed by atoms with Gasteiger partial charge < -0.3 is 9.32 Å². The van der Waals surface area contributed by atoms with Gasteiger partial charge in [0.2, 0.25) is 0 Å². The summed E-state index contributed by atoms with van der Waals surface area (Å²) in [5, 5.41) is 2.24. The maximum atomic E-state index is 7.30. The SMILES string of the molecule is CC1(C)c2ccccc2-c2ccc(N(c3cccc4c3-c3ccccc3C4(C)C)c3cccc4oc5c6c(ccc5c34)C3(c4ccccc4-c4ccccc43)c3ccccc3-6)cc21. The molecule has 1 aromatic heterocycles. The van der Waals surface area contributed by atoms with E-state index in [9.17, 15) is 0 Å². The minimum absolute atomic E-state index is 0.148. The predicted octanol–water partition coefficient (Wildman–Crippen LogP) is 16.0. The van der Waals surface area contributed by atoms with Gasteiger partial charge in [-0.2, -0.15) is 0 Å². The van der Waals surface area contributed by atoms with E-state index in [-0.39, 0.29) is 10.8 Å². The Bertz CT molecular complexity index is 3610. The molecule has 14 rings (SSSR count). The Hall–Kier alpha value is -7.42. The van der Waals surface area contributed by atoms with Crippen LogP contribution in [0, 0.1) is 0 Å². The molecule has 0 radical (unpaired) electrons. The third kappa shape index (κ3) is 4.20. The standard InChI is InChI=1S/C61H43NO/c1-59(2)45-23-11-8-20-41(45)55-49(59)27-15-28-52(55)62(36-31-32-40-37-17-5-10-22-44(37)60(3,4)51(40)35-36)53-29-16-30-54-57(53)43-33-34-50-56(58(43)63-54)42-21-9-14-26-48(42)61(50)46-24-12-6-18-38(46)39-19-7-13-25-47(39)61/h5-35H,1-4H3. The Morgan fingerprint density at radius 2 is 0.857 bits per heavy atom. The number of benzene rings is 9. The molecule has 0 aliphatic heterocycles. The van der Waals surface area contributed by atoms with Crippen LogP contribution in [0.3, 0.4) is 0 Å². The van der Waals surface area contributed by atoms with Crippen molar-refractivity contribution in [2.75, 3.05) is 4.90 Å². The molecule has 4 aliphatic carbocycles. The number of furan rings is 1. The van der Waals surface area contributed by atoms with Crippen molar-refractivity contribution < 1.29 is 4.42 Å². The van der Waals surface area contributed by atoms with Crippen LogP contribution >= 0.6 is 0 Å². The number of rotatable bonds is 3. The fraction of sp³-hybridized carbons (Fsp3) is 0.115. The largest absolute Gasteiger partial charge is 0.455 e. The van der Waals surface area contributed by atoms with Gasteiger partial charge in [0, 0.05) is 33.0 Å². The molecule has 0 saturated carbocycles. The molecule has 0 saturated heterocycles. The fourth-order valence-electron chi connectivity index (χ4n) is 12.8. The van der Waals surface area contributed by atoms with Gasteiger partial charge in [0.05, 0.1) is 22.2 Å². The molecule has 298 valence electrons. The summed E-state index contributed by atoms with van der Waals surface area (Å²) < 4.78 is 7.30. The zero-order valence-corrected chi connectivity index (χ0v) is 35.8. The van der Waals surface area contributed by atoms with Crippen LogP contribution in [0.25, 0.3) is 66.4 Å². The van der Waals surface area contributed by atoms with Crippen molar-refractivity contribution in [3.63, 3.8) is 0 Å². The molecule has 10 aromatic rings. The van der Waals surface area contributed by atoms with Crippen LogP contribution < -0.4 is 4.90 Å². The topological polar surface area (TPSA) is 16.4 Å². The first-order valence-electron chi connectivity index (χ1n) is 22.4. The Labute approximate surface area is 367 Å². The van der Waals surface area contributed by atoms with Crippen molar-refractivity contribution in [1.82, 2.24) is 0 Å². The van der Waals surface area contributed by atoms with Gasteiger partial charge in [0.25, 0.3) is 0 Å². The van der Waals surface area contributed by atoms with E-state index in [1.54, 1.807) is 0 Å². The van der Waals surface area contributed by atoms with Gasteiger partial charge in [-0.1, -0.05) is 185 Å². The van der Waals surface area contributed by atoms with E-state index < -0.39 is 5.41 Å². The van der Waals surface area contributed by atoms with E-state index in [0.717, 1.165) is 33.3 Å². The number of hydrogen-bond donors (Lipinski definition) is 0. The van der Waals surface area contributed by atoms with Crippen LogP contribution in [-0.2, 0) is 16.2 Å². The van der Waals surface area contributed by atoms with Crippen LogP contribution in [0.5, 0.6) is 0 Å². The summed E-state index contributed by atoms with van der Waals surface area (Å²) in [6.45, 7) is 9.50. The quantitative estimate of drug-likeness (QED) is 0.177. The lowest BCUT2D eigenvalue weighted by atomic mass is 9.70. The van der Waals surface area contributed by atoms with Gasteiger partial charge in [0.1, 0.15) is 11.2 Å². The van der Waals surface area contributed by atoms with Crippen molar-refractivity contribution in [3.8, 4) is 44.5 Å². The number of hydrogen-bond acceptors (Lipinski definition) is 2. The summed E-state index contributed by atoms with van der Waals surface area (Å²) in [7, 11) is 0. The van der Waals surface area contributed by atoms with Crippen LogP contribution in [0.2, 0.25) is 0 Å². The average Bonchev–Trinajstić information content (AvgIpc) is 4.06. The lowest BCUT2D eigenvalue weighted by Crippen LogP contribution is -2.25. The van der Waals surface area contributed by atoms with Crippen LogP contribution in [0.15, 0.2) is 192 Å².